The minimum atomic E-state index is -1.80. The number of rotatable bonds is 12. The third-order valence-electron chi connectivity index (χ3n) is 14.4. The van der Waals surface area contributed by atoms with Gasteiger partial charge in [0.15, 0.2) is 0 Å². The summed E-state index contributed by atoms with van der Waals surface area (Å²) in [5.74, 6) is 5.19. The summed E-state index contributed by atoms with van der Waals surface area (Å²) in [6.07, 6.45) is 3.94. The Morgan fingerprint density at radius 3 is 1.02 bits per heavy atom. The molecule has 9 atom stereocenters. The number of aryl methyl sites for hydroxylation is 3. The van der Waals surface area contributed by atoms with Crippen LogP contribution in [0.5, 0.6) is 17.2 Å². The average molecular weight is 793 g/mol. The molecule has 304 valence electrons. The van der Waals surface area contributed by atoms with Gasteiger partial charge in [0.1, 0.15) is 17.2 Å². The van der Waals surface area contributed by atoms with Crippen molar-refractivity contribution < 1.29 is 27.1 Å². The molecule has 2 aliphatic rings. The first kappa shape index (κ1) is 43.9. The SMILES string of the molecule is COP(Oc1cc(C)c(C)c(C)c1C)OC1CC(C)C(C)CC1C1CC(C)C(C)CC1OP(Oc1cc(C)c(C)c(C)c1C)Oc1cc(C)c(C)c(C)c1C. The molecule has 0 aromatic heterocycles. The van der Waals surface area contributed by atoms with Crippen LogP contribution in [0, 0.1) is 119 Å². The van der Waals surface area contributed by atoms with E-state index in [1.165, 1.54) is 50.1 Å². The molecule has 6 nitrogen and oxygen atoms in total. The maximum atomic E-state index is 7.31. The van der Waals surface area contributed by atoms with Gasteiger partial charge >= 0.3 is 17.2 Å². The van der Waals surface area contributed by atoms with Crippen molar-refractivity contribution in [2.24, 2.45) is 35.5 Å². The van der Waals surface area contributed by atoms with Gasteiger partial charge in [0, 0.05) is 7.11 Å². The Morgan fingerprint density at radius 1 is 0.400 bits per heavy atom. The maximum absolute atomic E-state index is 7.31. The van der Waals surface area contributed by atoms with Crippen molar-refractivity contribution in [2.45, 2.75) is 149 Å². The van der Waals surface area contributed by atoms with E-state index in [2.05, 4.69) is 129 Å². The van der Waals surface area contributed by atoms with Crippen molar-refractivity contribution in [3.05, 3.63) is 85.0 Å². The van der Waals surface area contributed by atoms with Crippen LogP contribution >= 0.6 is 17.2 Å². The first-order valence-electron chi connectivity index (χ1n) is 20.6. The second kappa shape index (κ2) is 18.2. The lowest BCUT2D eigenvalue weighted by Gasteiger charge is -2.48. The highest BCUT2D eigenvalue weighted by molar-refractivity contribution is 7.42. The first-order chi connectivity index (χ1) is 25.8. The van der Waals surface area contributed by atoms with Crippen molar-refractivity contribution in [3.63, 3.8) is 0 Å². The molecule has 0 amide bonds. The fourth-order valence-corrected chi connectivity index (χ4v) is 11.1. The van der Waals surface area contributed by atoms with Crippen molar-refractivity contribution in [3.8, 4) is 17.2 Å². The lowest BCUT2D eigenvalue weighted by molar-refractivity contribution is -0.0597. The van der Waals surface area contributed by atoms with E-state index in [0.717, 1.165) is 59.6 Å². The average Bonchev–Trinajstić information content (AvgIpc) is 3.14. The molecule has 0 radical (unpaired) electrons. The van der Waals surface area contributed by atoms with Gasteiger partial charge in [-0.1, -0.05) is 27.7 Å². The van der Waals surface area contributed by atoms with Gasteiger partial charge in [-0.15, -0.1) is 0 Å². The van der Waals surface area contributed by atoms with E-state index in [9.17, 15) is 0 Å². The maximum Gasteiger partial charge on any atom is 0.463 e. The number of hydrogen-bond acceptors (Lipinski definition) is 6. The van der Waals surface area contributed by atoms with Gasteiger partial charge in [-0.2, -0.15) is 0 Å². The summed E-state index contributed by atoms with van der Waals surface area (Å²) in [6, 6.07) is 6.44. The smallest absolute Gasteiger partial charge is 0.426 e. The molecule has 2 aliphatic carbocycles. The molecule has 3 aromatic rings. The van der Waals surface area contributed by atoms with Crippen LogP contribution in [0.25, 0.3) is 0 Å². The van der Waals surface area contributed by atoms with Gasteiger partial charge in [-0.05, 0) is 229 Å². The van der Waals surface area contributed by atoms with E-state index in [-0.39, 0.29) is 24.0 Å². The van der Waals surface area contributed by atoms with E-state index in [4.69, 9.17) is 27.1 Å². The van der Waals surface area contributed by atoms with Gasteiger partial charge in [0.25, 0.3) is 0 Å². The molecule has 8 heteroatoms. The molecular weight excluding hydrogens is 722 g/mol. The molecule has 0 aliphatic heterocycles. The summed E-state index contributed by atoms with van der Waals surface area (Å²) in [6.45, 7) is 35.5. The van der Waals surface area contributed by atoms with Crippen LogP contribution in [0.15, 0.2) is 18.2 Å². The Hall–Kier alpha value is -2.20. The molecular formula is C47H70O6P2. The summed E-state index contributed by atoms with van der Waals surface area (Å²) in [7, 11) is -1.71. The minimum absolute atomic E-state index is 0.0238. The van der Waals surface area contributed by atoms with E-state index >= 15 is 0 Å². The van der Waals surface area contributed by atoms with Crippen molar-refractivity contribution in [2.75, 3.05) is 7.11 Å². The lowest BCUT2D eigenvalue weighted by atomic mass is 9.62. The van der Waals surface area contributed by atoms with Crippen LogP contribution < -0.4 is 13.6 Å². The lowest BCUT2D eigenvalue weighted by Crippen LogP contribution is -2.46. The molecule has 0 bridgehead atoms. The van der Waals surface area contributed by atoms with Crippen LogP contribution in [-0.2, 0) is 13.6 Å². The zero-order valence-electron chi connectivity index (χ0n) is 37.0. The zero-order chi connectivity index (χ0) is 40.6. The molecule has 0 spiro atoms. The Morgan fingerprint density at radius 2 is 0.691 bits per heavy atom. The van der Waals surface area contributed by atoms with E-state index < -0.39 is 17.2 Å². The van der Waals surface area contributed by atoms with E-state index in [1.807, 2.05) is 0 Å². The van der Waals surface area contributed by atoms with Crippen molar-refractivity contribution >= 4 is 17.2 Å². The van der Waals surface area contributed by atoms with Gasteiger partial charge in [-0.25, -0.2) is 0 Å². The fourth-order valence-electron chi connectivity index (χ4n) is 8.75. The van der Waals surface area contributed by atoms with Gasteiger partial charge < -0.3 is 18.1 Å². The predicted octanol–water partition coefficient (Wildman–Crippen LogP) is 14.2. The van der Waals surface area contributed by atoms with Gasteiger partial charge in [-0.3, -0.25) is 9.05 Å². The largest absolute Gasteiger partial charge is 0.463 e. The van der Waals surface area contributed by atoms with Gasteiger partial charge in [0.05, 0.1) is 12.2 Å². The zero-order valence-corrected chi connectivity index (χ0v) is 38.8. The Bertz CT molecular complexity index is 1770. The molecule has 2 fully saturated rings. The number of hydrogen-bond donors (Lipinski definition) is 0. The normalized spacial score (nSPS) is 26.3. The molecule has 0 heterocycles. The van der Waals surface area contributed by atoms with Crippen molar-refractivity contribution in [1.82, 2.24) is 0 Å². The van der Waals surface area contributed by atoms with Crippen molar-refractivity contribution in [1.29, 1.82) is 0 Å². The second-order valence-electron chi connectivity index (χ2n) is 17.6. The third kappa shape index (κ3) is 9.58. The molecule has 55 heavy (non-hydrogen) atoms. The molecule has 0 N–H and O–H groups in total. The standard InChI is InChI=1S/C47H70O6P2/c1-25-18-41(46(20-27(25)3)52-54(48-17)49-43-22-29(5)32(8)35(11)38(43)14)42-19-26(2)28(4)21-47(42)53-55(50-44-23-30(6)33(9)36(12)39(44)15)51-45-24-31(7)34(10)37(13)40(45)16/h22-28,41-42,46-47H,18-21H2,1-17H3. The second-order valence-corrected chi connectivity index (χ2v) is 19.8. The molecule has 2 saturated carbocycles. The minimum Gasteiger partial charge on any atom is -0.426 e. The van der Waals surface area contributed by atoms with Crippen LogP contribution in [-0.4, -0.2) is 19.3 Å². The highest BCUT2D eigenvalue weighted by Crippen LogP contribution is 2.55. The topological polar surface area (TPSA) is 55.4 Å². The fraction of sp³-hybridized carbons (Fsp3) is 0.617. The predicted molar refractivity (Wildman–Crippen MR) is 231 cm³/mol. The Kier molecular flexibility index (Phi) is 14.5. The summed E-state index contributed by atoms with van der Waals surface area (Å²) >= 11 is 0. The number of benzene rings is 3. The molecule has 9 unspecified atom stereocenters. The summed E-state index contributed by atoms with van der Waals surface area (Å²) in [5.41, 5.74) is 14.6. The molecule has 5 rings (SSSR count). The summed E-state index contributed by atoms with van der Waals surface area (Å²) < 4.78 is 40.8. The van der Waals surface area contributed by atoms with Crippen LogP contribution in [0.2, 0.25) is 0 Å². The molecule has 3 aromatic carbocycles. The van der Waals surface area contributed by atoms with Crippen LogP contribution in [0.4, 0.5) is 0 Å². The van der Waals surface area contributed by atoms with Crippen LogP contribution in [0.3, 0.4) is 0 Å². The first-order valence-corrected chi connectivity index (χ1v) is 22.8. The summed E-state index contributed by atoms with van der Waals surface area (Å²) in [4.78, 5) is 0. The Labute approximate surface area is 336 Å². The Balaban J connectivity index is 1.50. The monoisotopic (exact) mass is 792 g/mol. The quantitative estimate of drug-likeness (QED) is 0.170. The van der Waals surface area contributed by atoms with E-state index in [0.29, 0.717) is 23.7 Å². The highest BCUT2D eigenvalue weighted by Gasteiger charge is 2.47. The summed E-state index contributed by atoms with van der Waals surface area (Å²) in [5, 5.41) is 0. The molecule has 0 saturated heterocycles. The highest BCUT2D eigenvalue weighted by atomic mass is 31.2. The van der Waals surface area contributed by atoms with Crippen LogP contribution in [0.1, 0.15) is 120 Å². The van der Waals surface area contributed by atoms with Gasteiger partial charge in [0.2, 0.25) is 0 Å². The third-order valence-corrected chi connectivity index (χ3v) is 16.6. The van der Waals surface area contributed by atoms with E-state index in [1.54, 1.807) is 7.11 Å².